The minimum atomic E-state index is -0.306. The Balaban J connectivity index is 2.01. The van der Waals surface area contributed by atoms with Crippen LogP contribution >= 0.6 is 0 Å². The maximum Gasteiger partial charge on any atom is 0.254 e. The van der Waals surface area contributed by atoms with Gasteiger partial charge in [-0.1, -0.05) is 26.2 Å². The van der Waals surface area contributed by atoms with E-state index in [1.807, 2.05) is 30.9 Å². The van der Waals surface area contributed by atoms with Gasteiger partial charge in [0.1, 0.15) is 0 Å². The second kappa shape index (κ2) is 9.09. The van der Waals surface area contributed by atoms with Crippen molar-refractivity contribution in [2.45, 2.75) is 52.1 Å². The molecule has 1 amide bonds. The Labute approximate surface area is 151 Å². The predicted molar refractivity (Wildman–Crippen MR) is 98.6 cm³/mol. The Morgan fingerprint density at radius 2 is 2.04 bits per heavy atom. The summed E-state index contributed by atoms with van der Waals surface area (Å²) in [6.07, 6.45) is 4.63. The number of rotatable bonds is 8. The van der Waals surface area contributed by atoms with E-state index in [-0.39, 0.29) is 11.5 Å². The van der Waals surface area contributed by atoms with Gasteiger partial charge in [-0.3, -0.25) is 4.79 Å². The number of unbranched alkanes of at least 4 members (excludes halogenated alkanes) is 3. The number of morpholine rings is 1. The first-order valence-corrected chi connectivity index (χ1v) is 9.21. The number of carbonyl (C=O) groups excluding carboxylic acids is 1. The van der Waals surface area contributed by atoms with Crippen LogP contribution in [0.5, 0.6) is 11.5 Å². The molecule has 0 spiro atoms. The van der Waals surface area contributed by atoms with Crippen molar-refractivity contribution in [2.24, 2.45) is 0 Å². The van der Waals surface area contributed by atoms with Crippen LogP contribution in [0.25, 0.3) is 0 Å². The maximum atomic E-state index is 12.8. The van der Waals surface area contributed by atoms with Crippen LogP contribution in [0.2, 0.25) is 0 Å². The molecular formula is C20H31NO4. The van der Waals surface area contributed by atoms with E-state index < -0.39 is 0 Å². The highest BCUT2D eigenvalue weighted by molar-refractivity contribution is 5.95. The lowest BCUT2D eigenvalue weighted by atomic mass is 10.1. The lowest BCUT2D eigenvalue weighted by Crippen LogP contribution is -2.50. The van der Waals surface area contributed by atoms with Crippen LogP contribution in [0.1, 0.15) is 56.8 Å². The van der Waals surface area contributed by atoms with Crippen LogP contribution in [0.3, 0.4) is 0 Å². The Morgan fingerprint density at radius 3 is 2.72 bits per heavy atom. The van der Waals surface area contributed by atoms with Gasteiger partial charge in [-0.15, -0.1) is 0 Å². The average Bonchev–Trinajstić information content (AvgIpc) is 2.60. The molecule has 5 nitrogen and oxygen atoms in total. The van der Waals surface area contributed by atoms with E-state index in [1.54, 1.807) is 13.2 Å². The monoisotopic (exact) mass is 349 g/mol. The summed E-state index contributed by atoms with van der Waals surface area (Å²) in [7, 11) is 1.60. The van der Waals surface area contributed by atoms with Gasteiger partial charge in [-0.25, -0.2) is 0 Å². The molecule has 0 aliphatic carbocycles. The second-order valence-corrected chi connectivity index (χ2v) is 7.11. The van der Waals surface area contributed by atoms with Gasteiger partial charge in [0.2, 0.25) is 0 Å². The molecule has 1 saturated heterocycles. The molecule has 5 heteroatoms. The topological polar surface area (TPSA) is 48.0 Å². The third-order valence-corrected chi connectivity index (χ3v) is 4.38. The number of amides is 1. The molecule has 1 aliphatic rings. The highest BCUT2D eigenvalue weighted by atomic mass is 16.5. The number of hydrogen-bond acceptors (Lipinski definition) is 4. The van der Waals surface area contributed by atoms with Gasteiger partial charge in [0.15, 0.2) is 11.5 Å². The molecule has 0 N–H and O–H groups in total. The number of nitrogens with zero attached hydrogens (tertiary/aromatic N) is 1. The SMILES string of the molecule is CCCCCCOc1ccc(C(=O)N2CCOC(C)(C)C2)cc1OC. The molecule has 1 aromatic carbocycles. The summed E-state index contributed by atoms with van der Waals surface area (Å²) >= 11 is 0. The van der Waals surface area contributed by atoms with Gasteiger partial charge < -0.3 is 19.1 Å². The number of ether oxygens (including phenoxy) is 3. The zero-order valence-corrected chi connectivity index (χ0v) is 16.0. The summed E-state index contributed by atoms with van der Waals surface area (Å²) < 4.78 is 16.9. The molecule has 25 heavy (non-hydrogen) atoms. The van der Waals surface area contributed by atoms with Gasteiger partial charge in [-0.05, 0) is 38.5 Å². The van der Waals surface area contributed by atoms with Crippen LogP contribution in [0.15, 0.2) is 18.2 Å². The Morgan fingerprint density at radius 1 is 1.24 bits per heavy atom. The van der Waals surface area contributed by atoms with Crippen molar-refractivity contribution in [2.75, 3.05) is 33.4 Å². The van der Waals surface area contributed by atoms with Crippen LogP contribution in [0.4, 0.5) is 0 Å². The zero-order chi connectivity index (χ0) is 18.3. The molecule has 0 aromatic heterocycles. The van der Waals surface area contributed by atoms with Crippen molar-refractivity contribution in [1.82, 2.24) is 4.90 Å². The fraction of sp³-hybridized carbons (Fsp3) is 0.650. The molecule has 0 atom stereocenters. The summed E-state index contributed by atoms with van der Waals surface area (Å²) in [5.41, 5.74) is 0.312. The van der Waals surface area contributed by atoms with Gasteiger partial charge >= 0.3 is 0 Å². The number of methoxy groups -OCH3 is 1. The van der Waals surface area contributed by atoms with E-state index >= 15 is 0 Å². The number of benzene rings is 1. The van der Waals surface area contributed by atoms with Crippen molar-refractivity contribution in [1.29, 1.82) is 0 Å². The minimum absolute atomic E-state index is 0.00386. The Bertz CT molecular complexity index is 571. The number of hydrogen-bond donors (Lipinski definition) is 0. The molecule has 1 aliphatic heterocycles. The van der Waals surface area contributed by atoms with E-state index in [1.165, 1.54) is 19.3 Å². The fourth-order valence-electron chi connectivity index (χ4n) is 3.00. The molecule has 1 fully saturated rings. The molecule has 1 heterocycles. The largest absolute Gasteiger partial charge is 0.493 e. The third-order valence-electron chi connectivity index (χ3n) is 4.38. The summed E-state index contributed by atoms with van der Waals surface area (Å²) in [6, 6.07) is 5.42. The molecule has 1 aromatic rings. The van der Waals surface area contributed by atoms with E-state index in [0.29, 0.717) is 43.4 Å². The third kappa shape index (κ3) is 5.63. The molecule has 0 unspecified atom stereocenters. The molecular weight excluding hydrogens is 318 g/mol. The molecule has 0 bridgehead atoms. The predicted octanol–water partition coefficient (Wildman–Crippen LogP) is 3.91. The normalized spacial score (nSPS) is 16.6. The maximum absolute atomic E-state index is 12.8. The average molecular weight is 349 g/mol. The molecule has 2 rings (SSSR count). The number of carbonyl (C=O) groups is 1. The van der Waals surface area contributed by atoms with Crippen LogP contribution in [-0.4, -0.2) is 49.8 Å². The van der Waals surface area contributed by atoms with Crippen molar-refractivity contribution in [3.8, 4) is 11.5 Å². The lowest BCUT2D eigenvalue weighted by Gasteiger charge is -2.38. The fourth-order valence-corrected chi connectivity index (χ4v) is 3.00. The Hall–Kier alpha value is -1.75. The highest BCUT2D eigenvalue weighted by Crippen LogP contribution is 2.29. The van der Waals surface area contributed by atoms with Crippen LogP contribution < -0.4 is 9.47 Å². The Kier molecular flexibility index (Phi) is 7.12. The van der Waals surface area contributed by atoms with Gasteiger partial charge in [-0.2, -0.15) is 0 Å². The van der Waals surface area contributed by atoms with Gasteiger partial charge in [0.05, 0.1) is 25.9 Å². The van der Waals surface area contributed by atoms with Crippen molar-refractivity contribution >= 4 is 5.91 Å². The first kappa shape index (κ1) is 19.6. The molecule has 0 saturated carbocycles. The first-order chi connectivity index (χ1) is 12.0. The zero-order valence-electron chi connectivity index (χ0n) is 16.0. The lowest BCUT2D eigenvalue weighted by molar-refractivity contribution is -0.0764. The van der Waals surface area contributed by atoms with E-state index in [2.05, 4.69) is 6.92 Å². The summed E-state index contributed by atoms with van der Waals surface area (Å²) in [5, 5.41) is 0. The van der Waals surface area contributed by atoms with E-state index in [9.17, 15) is 4.79 Å². The highest BCUT2D eigenvalue weighted by Gasteiger charge is 2.30. The van der Waals surface area contributed by atoms with Crippen molar-refractivity contribution in [3.05, 3.63) is 23.8 Å². The van der Waals surface area contributed by atoms with Gasteiger partial charge in [0.25, 0.3) is 5.91 Å². The van der Waals surface area contributed by atoms with E-state index in [0.717, 1.165) is 6.42 Å². The smallest absolute Gasteiger partial charge is 0.254 e. The van der Waals surface area contributed by atoms with Crippen LogP contribution in [-0.2, 0) is 4.74 Å². The summed E-state index contributed by atoms with van der Waals surface area (Å²) in [4.78, 5) is 14.6. The van der Waals surface area contributed by atoms with E-state index in [4.69, 9.17) is 14.2 Å². The van der Waals surface area contributed by atoms with Crippen molar-refractivity contribution < 1.29 is 19.0 Å². The van der Waals surface area contributed by atoms with Crippen LogP contribution in [0, 0.1) is 0 Å². The van der Waals surface area contributed by atoms with Crippen molar-refractivity contribution in [3.63, 3.8) is 0 Å². The first-order valence-electron chi connectivity index (χ1n) is 9.21. The summed E-state index contributed by atoms with van der Waals surface area (Å²) in [5.74, 6) is 1.30. The standard InChI is InChI=1S/C20H31NO4/c1-5-6-7-8-12-24-17-10-9-16(14-18(17)23-4)19(22)21-11-13-25-20(2,3)15-21/h9-10,14H,5-8,11-13,15H2,1-4H3. The second-order valence-electron chi connectivity index (χ2n) is 7.11. The quantitative estimate of drug-likeness (QED) is 0.668. The van der Waals surface area contributed by atoms with Gasteiger partial charge in [0, 0.05) is 18.7 Å². The minimum Gasteiger partial charge on any atom is -0.493 e. The molecule has 0 radical (unpaired) electrons. The summed E-state index contributed by atoms with van der Waals surface area (Å²) in [6.45, 7) is 8.63. The molecule has 140 valence electrons.